The summed E-state index contributed by atoms with van der Waals surface area (Å²) in [5.74, 6) is -0.551. The number of rotatable bonds is 1. The lowest BCUT2D eigenvalue weighted by molar-refractivity contribution is -0.274. The van der Waals surface area contributed by atoms with Crippen molar-refractivity contribution in [1.29, 1.82) is 0 Å². The van der Waals surface area contributed by atoms with Gasteiger partial charge in [0.05, 0.1) is 10.7 Å². The summed E-state index contributed by atoms with van der Waals surface area (Å²) in [6.45, 7) is 1.67. The lowest BCUT2D eigenvalue weighted by Crippen LogP contribution is -2.18. The van der Waals surface area contributed by atoms with Crippen LogP contribution in [0.1, 0.15) is 5.56 Å². The highest BCUT2D eigenvalue weighted by molar-refractivity contribution is 6.32. The Labute approximate surface area is 83.4 Å². The standard InChI is InChI=1S/C8H7ClF3NO/c1-4-2-5(9)7(6(13)3-4)14-8(10,11)12/h2-3H,13H2,1H3. The molecule has 0 amide bonds. The van der Waals surface area contributed by atoms with Gasteiger partial charge in [0.1, 0.15) is 0 Å². The number of nitrogens with two attached hydrogens (primary N) is 1. The largest absolute Gasteiger partial charge is 0.573 e. The molecule has 0 saturated heterocycles. The summed E-state index contributed by atoms with van der Waals surface area (Å²) in [6, 6.07) is 2.70. The quantitative estimate of drug-likeness (QED) is 0.746. The number of hydrogen-bond acceptors (Lipinski definition) is 2. The fourth-order valence-corrected chi connectivity index (χ4v) is 1.30. The predicted octanol–water partition coefficient (Wildman–Crippen LogP) is 3.13. The first-order valence-corrected chi connectivity index (χ1v) is 3.99. The lowest BCUT2D eigenvalue weighted by Gasteiger charge is -2.12. The van der Waals surface area contributed by atoms with E-state index in [2.05, 4.69) is 4.74 Å². The Morgan fingerprint density at radius 3 is 2.36 bits per heavy atom. The van der Waals surface area contributed by atoms with Crippen molar-refractivity contribution in [2.24, 2.45) is 0 Å². The van der Waals surface area contributed by atoms with Gasteiger partial charge < -0.3 is 10.5 Å². The van der Waals surface area contributed by atoms with E-state index in [0.29, 0.717) is 5.56 Å². The van der Waals surface area contributed by atoms with Crippen molar-refractivity contribution in [3.05, 3.63) is 22.7 Å². The van der Waals surface area contributed by atoms with E-state index >= 15 is 0 Å². The molecule has 0 aliphatic heterocycles. The Kier molecular flexibility index (Phi) is 2.80. The van der Waals surface area contributed by atoms with Gasteiger partial charge in [-0.2, -0.15) is 0 Å². The van der Waals surface area contributed by atoms with Crippen molar-refractivity contribution in [2.75, 3.05) is 5.73 Å². The van der Waals surface area contributed by atoms with Crippen LogP contribution in [0.3, 0.4) is 0 Å². The van der Waals surface area contributed by atoms with E-state index in [0.717, 1.165) is 0 Å². The van der Waals surface area contributed by atoms with E-state index in [1.54, 1.807) is 6.92 Å². The Balaban J connectivity index is 3.09. The highest BCUT2D eigenvalue weighted by Gasteiger charge is 2.33. The number of halogens is 4. The topological polar surface area (TPSA) is 35.2 Å². The monoisotopic (exact) mass is 225 g/mol. The molecule has 0 aliphatic carbocycles. The zero-order chi connectivity index (χ0) is 10.9. The van der Waals surface area contributed by atoms with Crippen LogP contribution in [0.5, 0.6) is 5.75 Å². The summed E-state index contributed by atoms with van der Waals surface area (Å²) in [6.07, 6.45) is -4.78. The molecule has 0 aliphatic rings. The van der Waals surface area contributed by atoms with Gasteiger partial charge in [-0.1, -0.05) is 11.6 Å². The first-order chi connectivity index (χ1) is 6.29. The van der Waals surface area contributed by atoms with Crippen LogP contribution in [-0.4, -0.2) is 6.36 Å². The second-order valence-electron chi connectivity index (χ2n) is 2.71. The number of alkyl halides is 3. The molecule has 0 aromatic heterocycles. The van der Waals surface area contributed by atoms with E-state index in [9.17, 15) is 13.2 Å². The van der Waals surface area contributed by atoms with Crippen molar-refractivity contribution >= 4 is 17.3 Å². The number of ether oxygens (including phenoxy) is 1. The predicted molar refractivity (Wildman–Crippen MR) is 47.3 cm³/mol. The summed E-state index contributed by atoms with van der Waals surface area (Å²) >= 11 is 5.54. The van der Waals surface area contributed by atoms with Gasteiger partial charge in [0, 0.05) is 0 Å². The fraction of sp³-hybridized carbons (Fsp3) is 0.250. The second kappa shape index (κ2) is 3.57. The molecular formula is C8H7ClF3NO. The van der Waals surface area contributed by atoms with Gasteiger partial charge in [-0.15, -0.1) is 13.2 Å². The van der Waals surface area contributed by atoms with E-state index in [1.165, 1.54) is 12.1 Å². The van der Waals surface area contributed by atoms with Crippen molar-refractivity contribution < 1.29 is 17.9 Å². The Morgan fingerprint density at radius 2 is 1.93 bits per heavy atom. The molecule has 2 nitrogen and oxygen atoms in total. The van der Waals surface area contributed by atoms with Crippen LogP contribution in [0, 0.1) is 6.92 Å². The molecule has 0 radical (unpaired) electrons. The van der Waals surface area contributed by atoms with Crippen molar-refractivity contribution in [3.8, 4) is 5.75 Å². The molecule has 6 heteroatoms. The molecule has 0 saturated carbocycles. The Bertz CT molecular complexity index is 328. The fourth-order valence-electron chi connectivity index (χ4n) is 0.979. The van der Waals surface area contributed by atoms with Crippen LogP contribution >= 0.6 is 11.6 Å². The maximum absolute atomic E-state index is 11.9. The van der Waals surface area contributed by atoms with Crippen LogP contribution in [0.25, 0.3) is 0 Å². The molecule has 0 spiro atoms. The average molecular weight is 226 g/mol. The molecule has 0 bridgehead atoms. The molecule has 14 heavy (non-hydrogen) atoms. The third-order valence-electron chi connectivity index (χ3n) is 1.43. The van der Waals surface area contributed by atoms with Crippen molar-refractivity contribution in [1.82, 2.24) is 0 Å². The summed E-state index contributed by atoms with van der Waals surface area (Å²) in [7, 11) is 0. The van der Waals surface area contributed by atoms with Crippen LogP contribution in [0.15, 0.2) is 12.1 Å². The lowest BCUT2D eigenvalue weighted by atomic mass is 10.2. The molecule has 1 rings (SSSR count). The molecule has 0 atom stereocenters. The van der Waals surface area contributed by atoms with Gasteiger partial charge in [0.25, 0.3) is 0 Å². The molecule has 0 unspecified atom stereocenters. The Morgan fingerprint density at radius 1 is 1.36 bits per heavy atom. The number of benzene rings is 1. The van der Waals surface area contributed by atoms with Crippen LogP contribution in [0.4, 0.5) is 18.9 Å². The summed E-state index contributed by atoms with van der Waals surface area (Å²) in [5, 5.41) is -0.153. The number of nitrogen functional groups attached to an aromatic ring is 1. The van der Waals surface area contributed by atoms with E-state index in [1.807, 2.05) is 0 Å². The number of anilines is 1. The second-order valence-corrected chi connectivity index (χ2v) is 3.12. The van der Waals surface area contributed by atoms with Gasteiger partial charge in [0.15, 0.2) is 5.75 Å². The van der Waals surface area contributed by atoms with E-state index < -0.39 is 12.1 Å². The maximum Gasteiger partial charge on any atom is 0.573 e. The highest BCUT2D eigenvalue weighted by atomic mass is 35.5. The highest BCUT2D eigenvalue weighted by Crippen LogP contribution is 2.36. The van der Waals surface area contributed by atoms with E-state index in [4.69, 9.17) is 17.3 Å². The normalized spacial score (nSPS) is 11.5. The third-order valence-corrected chi connectivity index (χ3v) is 1.72. The zero-order valence-electron chi connectivity index (χ0n) is 7.15. The molecular weight excluding hydrogens is 219 g/mol. The molecule has 0 fully saturated rings. The van der Waals surface area contributed by atoms with Crippen molar-refractivity contribution in [2.45, 2.75) is 13.3 Å². The number of hydrogen-bond donors (Lipinski definition) is 1. The first-order valence-electron chi connectivity index (χ1n) is 3.61. The maximum atomic E-state index is 11.9. The van der Waals surface area contributed by atoms with Crippen LogP contribution in [-0.2, 0) is 0 Å². The van der Waals surface area contributed by atoms with Gasteiger partial charge >= 0.3 is 6.36 Å². The summed E-state index contributed by atoms with van der Waals surface area (Å²) in [4.78, 5) is 0. The molecule has 2 N–H and O–H groups in total. The smallest absolute Gasteiger partial charge is 0.402 e. The van der Waals surface area contributed by atoms with E-state index in [-0.39, 0.29) is 10.7 Å². The SMILES string of the molecule is Cc1cc(N)c(OC(F)(F)F)c(Cl)c1. The van der Waals surface area contributed by atoms with Crippen LogP contribution < -0.4 is 10.5 Å². The summed E-state index contributed by atoms with van der Waals surface area (Å²) in [5.41, 5.74) is 5.86. The Hall–Kier alpha value is -1.10. The van der Waals surface area contributed by atoms with Gasteiger partial charge in [-0.3, -0.25) is 0 Å². The summed E-state index contributed by atoms with van der Waals surface area (Å²) < 4.78 is 39.3. The zero-order valence-corrected chi connectivity index (χ0v) is 7.91. The molecule has 78 valence electrons. The van der Waals surface area contributed by atoms with Gasteiger partial charge in [-0.25, -0.2) is 0 Å². The minimum atomic E-state index is -4.78. The molecule has 1 aromatic rings. The first kappa shape index (κ1) is 11.0. The minimum absolute atomic E-state index is 0.132. The third kappa shape index (κ3) is 2.70. The van der Waals surface area contributed by atoms with Crippen LogP contribution in [0.2, 0.25) is 5.02 Å². The minimum Gasteiger partial charge on any atom is -0.402 e. The van der Waals surface area contributed by atoms with Gasteiger partial charge in [-0.05, 0) is 24.6 Å². The number of aryl methyl sites for hydroxylation is 1. The molecule has 1 aromatic carbocycles. The van der Waals surface area contributed by atoms with Crippen molar-refractivity contribution in [3.63, 3.8) is 0 Å². The molecule has 0 heterocycles. The van der Waals surface area contributed by atoms with Gasteiger partial charge in [0.2, 0.25) is 0 Å². The average Bonchev–Trinajstić information content (AvgIpc) is 1.95.